The summed E-state index contributed by atoms with van der Waals surface area (Å²) in [6.07, 6.45) is 0. The molecular formula is C15H26N2O. The molecule has 102 valence electrons. The van der Waals surface area contributed by atoms with Crippen LogP contribution in [0, 0.1) is 20.8 Å². The molecule has 0 heterocycles. The Hall–Kier alpha value is -1.06. The highest BCUT2D eigenvalue weighted by Gasteiger charge is 2.12. The van der Waals surface area contributed by atoms with E-state index >= 15 is 0 Å². The fraction of sp³-hybridized carbons (Fsp3) is 0.600. The number of benzene rings is 1. The van der Waals surface area contributed by atoms with Crippen molar-refractivity contribution in [3.8, 4) is 5.75 Å². The minimum atomic E-state index is -0.176. The Morgan fingerprint density at radius 3 is 2.33 bits per heavy atom. The van der Waals surface area contributed by atoms with Crippen LogP contribution in [-0.4, -0.2) is 19.2 Å². The van der Waals surface area contributed by atoms with E-state index in [9.17, 15) is 0 Å². The van der Waals surface area contributed by atoms with Crippen molar-refractivity contribution in [1.82, 2.24) is 5.32 Å². The number of aryl methyl sites for hydroxylation is 1. The topological polar surface area (TPSA) is 47.3 Å². The first-order valence-corrected chi connectivity index (χ1v) is 6.39. The van der Waals surface area contributed by atoms with Crippen molar-refractivity contribution >= 4 is 0 Å². The molecule has 0 aliphatic heterocycles. The van der Waals surface area contributed by atoms with Crippen molar-refractivity contribution < 1.29 is 4.74 Å². The minimum Gasteiger partial charge on any atom is -0.496 e. The number of rotatable bonds is 5. The van der Waals surface area contributed by atoms with Gasteiger partial charge < -0.3 is 15.8 Å². The van der Waals surface area contributed by atoms with Crippen LogP contribution in [0.4, 0.5) is 0 Å². The lowest BCUT2D eigenvalue weighted by Crippen LogP contribution is -2.42. The number of nitrogens with one attached hydrogen (secondary N) is 1. The fourth-order valence-electron chi connectivity index (χ4n) is 2.16. The third kappa shape index (κ3) is 3.72. The number of nitrogens with two attached hydrogens (primary N) is 1. The molecule has 0 aromatic heterocycles. The second-order valence-corrected chi connectivity index (χ2v) is 5.73. The van der Waals surface area contributed by atoms with Gasteiger partial charge in [-0.15, -0.1) is 0 Å². The first-order valence-electron chi connectivity index (χ1n) is 6.39. The molecule has 0 amide bonds. The Labute approximate surface area is 111 Å². The molecule has 18 heavy (non-hydrogen) atoms. The van der Waals surface area contributed by atoms with Gasteiger partial charge in [0.25, 0.3) is 0 Å². The van der Waals surface area contributed by atoms with Gasteiger partial charge in [0, 0.05) is 18.6 Å². The quantitative estimate of drug-likeness (QED) is 0.844. The third-order valence-corrected chi connectivity index (χ3v) is 3.23. The zero-order valence-electron chi connectivity index (χ0n) is 12.5. The van der Waals surface area contributed by atoms with Crippen LogP contribution in [0.5, 0.6) is 5.75 Å². The maximum absolute atomic E-state index is 5.96. The van der Waals surface area contributed by atoms with Gasteiger partial charge in [0.2, 0.25) is 0 Å². The van der Waals surface area contributed by atoms with Gasteiger partial charge in [0.05, 0.1) is 7.11 Å². The van der Waals surface area contributed by atoms with Crippen LogP contribution in [0.1, 0.15) is 36.1 Å². The zero-order chi connectivity index (χ0) is 13.9. The molecule has 0 saturated carbocycles. The molecule has 1 rings (SSSR count). The highest BCUT2D eigenvalue weighted by molar-refractivity contribution is 5.48. The lowest BCUT2D eigenvalue weighted by atomic mass is 9.98. The predicted octanol–water partition coefficient (Wildman–Crippen LogP) is 2.45. The van der Waals surface area contributed by atoms with Crippen molar-refractivity contribution in [2.75, 3.05) is 13.7 Å². The van der Waals surface area contributed by atoms with Gasteiger partial charge in [0.1, 0.15) is 5.75 Å². The Balaban J connectivity index is 2.85. The summed E-state index contributed by atoms with van der Waals surface area (Å²) < 4.78 is 5.43. The van der Waals surface area contributed by atoms with Crippen LogP contribution in [0.25, 0.3) is 0 Å². The predicted molar refractivity (Wildman–Crippen MR) is 77.2 cm³/mol. The molecule has 1 aromatic carbocycles. The highest BCUT2D eigenvalue weighted by atomic mass is 16.5. The zero-order valence-corrected chi connectivity index (χ0v) is 12.5. The summed E-state index contributed by atoms with van der Waals surface area (Å²) in [7, 11) is 1.73. The Kier molecular flexibility index (Phi) is 4.77. The average molecular weight is 250 g/mol. The van der Waals surface area contributed by atoms with E-state index in [4.69, 9.17) is 10.5 Å². The van der Waals surface area contributed by atoms with Crippen molar-refractivity contribution in [3.63, 3.8) is 0 Å². The lowest BCUT2D eigenvalue weighted by molar-refractivity contribution is 0.407. The molecule has 0 bridgehead atoms. The average Bonchev–Trinajstić information content (AvgIpc) is 2.24. The van der Waals surface area contributed by atoms with E-state index in [1.165, 1.54) is 22.3 Å². The fourth-order valence-corrected chi connectivity index (χ4v) is 2.16. The SMILES string of the molecule is COc1c(C)cc(CNCC(C)(C)N)c(C)c1C. The van der Waals surface area contributed by atoms with Crippen molar-refractivity contribution in [1.29, 1.82) is 0 Å². The summed E-state index contributed by atoms with van der Waals surface area (Å²) in [4.78, 5) is 0. The van der Waals surface area contributed by atoms with Gasteiger partial charge in [-0.05, 0) is 56.9 Å². The van der Waals surface area contributed by atoms with E-state index in [0.717, 1.165) is 18.8 Å². The van der Waals surface area contributed by atoms with Crippen LogP contribution in [0.3, 0.4) is 0 Å². The van der Waals surface area contributed by atoms with Crippen LogP contribution in [-0.2, 0) is 6.54 Å². The largest absolute Gasteiger partial charge is 0.496 e. The summed E-state index contributed by atoms with van der Waals surface area (Å²) in [5.74, 6) is 0.996. The summed E-state index contributed by atoms with van der Waals surface area (Å²) >= 11 is 0. The van der Waals surface area contributed by atoms with Gasteiger partial charge in [-0.25, -0.2) is 0 Å². The van der Waals surface area contributed by atoms with Crippen LogP contribution in [0.15, 0.2) is 6.07 Å². The second-order valence-electron chi connectivity index (χ2n) is 5.73. The van der Waals surface area contributed by atoms with E-state index in [2.05, 4.69) is 32.2 Å². The van der Waals surface area contributed by atoms with E-state index in [-0.39, 0.29) is 5.54 Å². The van der Waals surface area contributed by atoms with Gasteiger partial charge in [-0.2, -0.15) is 0 Å². The van der Waals surface area contributed by atoms with Crippen molar-refractivity contribution in [2.45, 2.75) is 46.7 Å². The van der Waals surface area contributed by atoms with Gasteiger partial charge in [-0.1, -0.05) is 6.07 Å². The standard InChI is InChI=1S/C15H26N2O/c1-10-7-13(8-17-9-15(4,5)16)11(2)12(3)14(10)18-6/h7,17H,8-9,16H2,1-6H3. The number of ether oxygens (including phenoxy) is 1. The van der Waals surface area contributed by atoms with E-state index in [1.54, 1.807) is 7.11 Å². The monoisotopic (exact) mass is 250 g/mol. The molecule has 0 spiro atoms. The smallest absolute Gasteiger partial charge is 0.124 e. The minimum absolute atomic E-state index is 0.176. The molecule has 0 radical (unpaired) electrons. The third-order valence-electron chi connectivity index (χ3n) is 3.23. The molecule has 3 heteroatoms. The van der Waals surface area contributed by atoms with E-state index < -0.39 is 0 Å². The first kappa shape index (κ1) is 15.0. The van der Waals surface area contributed by atoms with Gasteiger partial charge in [-0.3, -0.25) is 0 Å². The molecule has 0 unspecified atom stereocenters. The molecule has 0 aliphatic carbocycles. The van der Waals surface area contributed by atoms with E-state index in [0.29, 0.717) is 0 Å². The lowest BCUT2D eigenvalue weighted by Gasteiger charge is -2.21. The molecule has 0 aliphatic rings. The number of methoxy groups -OCH3 is 1. The second kappa shape index (κ2) is 5.72. The summed E-state index contributed by atoms with van der Waals surface area (Å²) in [5.41, 5.74) is 10.8. The summed E-state index contributed by atoms with van der Waals surface area (Å²) in [5, 5.41) is 3.41. The van der Waals surface area contributed by atoms with Gasteiger partial charge >= 0.3 is 0 Å². The molecule has 1 aromatic rings. The number of hydrogen-bond donors (Lipinski definition) is 2. The van der Waals surface area contributed by atoms with Crippen LogP contribution in [0.2, 0.25) is 0 Å². The Morgan fingerprint density at radius 2 is 1.83 bits per heavy atom. The van der Waals surface area contributed by atoms with Crippen LogP contribution >= 0.6 is 0 Å². The molecule has 0 atom stereocenters. The maximum atomic E-state index is 5.96. The molecule has 0 saturated heterocycles. The van der Waals surface area contributed by atoms with E-state index in [1.807, 2.05) is 13.8 Å². The molecule has 3 nitrogen and oxygen atoms in total. The highest BCUT2D eigenvalue weighted by Crippen LogP contribution is 2.28. The van der Waals surface area contributed by atoms with Crippen molar-refractivity contribution in [2.24, 2.45) is 5.73 Å². The Morgan fingerprint density at radius 1 is 1.22 bits per heavy atom. The summed E-state index contributed by atoms with van der Waals surface area (Å²) in [6, 6.07) is 2.19. The maximum Gasteiger partial charge on any atom is 0.124 e. The van der Waals surface area contributed by atoms with Crippen molar-refractivity contribution in [3.05, 3.63) is 28.3 Å². The summed E-state index contributed by atoms with van der Waals surface area (Å²) in [6.45, 7) is 12.0. The van der Waals surface area contributed by atoms with Gasteiger partial charge in [0.15, 0.2) is 0 Å². The molecule has 0 fully saturated rings. The molecular weight excluding hydrogens is 224 g/mol. The van der Waals surface area contributed by atoms with Crippen LogP contribution < -0.4 is 15.8 Å². The number of hydrogen-bond acceptors (Lipinski definition) is 3. The normalized spacial score (nSPS) is 11.7. The first-order chi connectivity index (χ1) is 8.26. The Bertz CT molecular complexity index is 419. The molecule has 3 N–H and O–H groups in total.